The van der Waals surface area contributed by atoms with Gasteiger partial charge in [-0.05, 0) is 44.1 Å². The van der Waals surface area contributed by atoms with Crippen LogP contribution in [0.5, 0.6) is 0 Å². The molecule has 0 bridgehead atoms. The first-order valence-corrected chi connectivity index (χ1v) is 7.11. The van der Waals surface area contributed by atoms with Crippen LogP contribution in [0, 0.1) is 5.92 Å². The minimum atomic E-state index is -1.16. The van der Waals surface area contributed by atoms with Crippen LogP contribution >= 0.6 is 11.8 Å². The van der Waals surface area contributed by atoms with E-state index in [0.717, 1.165) is 18.6 Å². The molecule has 0 aromatic carbocycles. The summed E-state index contributed by atoms with van der Waals surface area (Å²) in [6.45, 7) is 1.56. The summed E-state index contributed by atoms with van der Waals surface area (Å²) >= 11 is 1.61. The Morgan fingerprint density at radius 2 is 2.18 bits per heavy atom. The molecule has 0 aromatic rings. The molecule has 1 fully saturated rings. The lowest BCUT2D eigenvalue weighted by molar-refractivity contribution is -0.148. The summed E-state index contributed by atoms with van der Waals surface area (Å²) < 4.78 is 0. The number of nitrogens with two attached hydrogens (primary N) is 1. The lowest BCUT2D eigenvalue weighted by atomic mass is 9.95. The van der Waals surface area contributed by atoms with E-state index in [-0.39, 0.29) is 11.8 Å². The van der Waals surface area contributed by atoms with Gasteiger partial charge in [-0.25, -0.2) is 4.79 Å². The zero-order valence-corrected chi connectivity index (χ0v) is 11.0. The smallest absolute Gasteiger partial charge is 0.329 e. The van der Waals surface area contributed by atoms with Crippen molar-refractivity contribution in [3.8, 4) is 0 Å². The number of hydrogen-bond donors (Lipinski definition) is 3. The summed E-state index contributed by atoms with van der Waals surface area (Å²) in [5.41, 5.74) is 4.55. The SMILES string of the molecule is CSCC[C@@H](N)C(=O)NC(C)(C(=O)O)C1CC1. The quantitative estimate of drug-likeness (QED) is 0.617. The third kappa shape index (κ3) is 3.61. The number of carboxylic acids is 1. The van der Waals surface area contributed by atoms with Crippen molar-refractivity contribution in [2.24, 2.45) is 11.7 Å². The van der Waals surface area contributed by atoms with Gasteiger partial charge in [0.2, 0.25) is 5.91 Å². The predicted molar refractivity (Wildman–Crippen MR) is 67.9 cm³/mol. The van der Waals surface area contributed by atoms with Crippen molar-refractivity contribution in [2.75, 3.05) is 12.0 Å². The molecule has 1 amide bonds. The van der Waals surface area contributed by atoms with E-state index in [2.05, 4.69) is 5.32 Å². The summed E-state index contributed by atoms with van der Waals surface area (Å²) in [5, 5.41) is 11.8. The minimum absolute atomic E-state index is 0.0386. The second-order valence-corrected chi connectivity index (χ2v) is 5.64. The number of carbonyl (C=O) groups excluding carboxylic acids is 1. The normalized spacial score (nSPS) is 20.4. The molecule has 1 rings (SSSR count). The van der Waals surface area contributed by atoms with Crippen LogP contribution in [0.4, 0.5) is 0 Å². The maximum absolute atomic E-state index is 11.8. The molecule has 1 aliphatic carbocycles. The summed E-state index contributed by atoms with van der Waals surface area (Å²) in [7, 11) is 0. The Bertz CT molecular complexity index is 307. The number of aliphatic carboxylic acids is 1. The number of hydrogen-bond acceptors (Lipinski definition) is 4. The van der Waals surface area contributed by atoms with E-state index in [1.54, 1.807) is 18.7 Å². The minimum Gasteiger partial charge on any atom is -0.480 e. The molecule has 4 N–H and O–H groups in total. The number of amides is 1. The number of nitrogens with one attached hydrogen (secondary N) is 1. The predicted octanol–water partition coefficient (Wildman–Crippen LogP) is 0.436. The highest BCUT2D eigenvalue weighted by Crippen LogP contribution is 2.39. The lowest BCUT2D eigenvalue weighted by Crippen LogP contribution is -2.57. The van der Waals surface area contributed by atoms with Crippen molar-refractivity contribution < 1.29 is 14.7 Å². The second kappa shape index (κ2) is 5.73. The summed E-state index contributed by atoms with van der Waals surface area (Å²) in [5.74, 6) is -0.514. The standard InChI is InChI=1S/C11H20N2O3S/c1-11(10(15)16,7-3-4-7)13-9(14)8(12)5-6-17-2/h7-8H,3-6,12H2,1-2H3,(H,13,14)(H,15,16)/t8-,11?/m1/s1. The summed E-state index contributed by atoms with van der Waals surface area (Å²) in [6, 6.07) is -0.625. The molecule has 0 aliphatic heterocycles. The first-order valence-electron chi connectivity index (χ1n) is 5.71. The molecular weight excluding hydrogens is 240 g/mol. The Balaban J connectivity index is 2.55. The monoisotopic (exact) mass is 260 g/mol. The zero-order valence-electron chi connectivity index (χ0n) is 10.2. The van der Waals surface area contributed by atoms with Crippen molar-refractivity contribution in [3.05, 3.63) is 0 Å². The Morgan fingerprint density at radius 3 is 2.59 bits per heavy atom. The molecular formula is C11H20N2O3S. The largest absolute Gasteiger partial charge is 0.480 e. The number of thioether (sulfide) groups is 1. The zero-order chi connectivity index (χ0) is 13.1. The van der Waals surface area contributed by atoms with Crippen LogP contribution in [-0.2, 0) is 9.59 Å². The van der Waals surface area contributed by atoms with Crippen LogP contribution in [0.25, 0.3) is 0 Å². The highest BCUT2D eigenvalue weighted by molar-refractivity contribution is 7.98. The van der Waals surface area contributed by atoms with Gasteiger partial charge in [0.15, 0.2) is 0 Å². The average Bonchev–Trinajstić information content (AvgIpc) is 3.09. The number of carbonyl (C=O) groups is 2. The van der Waals surface area contributed by atoms with Crippen LogP contribution < -0.4 is 11.1 Å². The maximum Gasteiger partial charge on any atom is 0.329 e. The first kappa shape index (κ1) is 14.3. The fourth-order valence-corrected chi connectivity index (χ4v) is 2.21. The second-order valence-electron chi connectivity index (χ2n) is 4.66. The molecule has 2 atom stereocenters. The molecule has 5 nitrogen and oxygen atoms in total. The van der Waals surface area contributed by atoms with E-state index in [1.807, 2.05) is 6.26 Å². The molecule has 17 heavy (non-hydrogen) atoms. The van der Waals surface area contributed by atoms with Gasteiger partial charge in [0.05, 0.1) is 6.04 Å². The van der Waals surface area contributed by atoms with Gasteiger partial charge in [-0.2, -0.15) is 11.8 Å². The Morgan fingerprint density at radius 1 is 1.59 bits per heavy atom. The van der Waals surface area contributed by atoms with E-state index < -0.39 is 17.6 Å². The van der Waals surface area contributed by atoms with Gasteiger partial charge in [-0.15, -0.1) is 0 Å². The van der Waals surface area contributed by atoms with E-state index in [9.17, 15) is 14.7 Å². The summed E-state index contributed by atoms with van der Waals surface area (Å²) in [4.78, 5) is 23.0. The van der Waals surface area contributed by atoms with Gasteiger partial charge in [0.1, 0.15) is 5.54 Å². The number of carboxylic acid groups (broad SMARTS) is 1. The molecule has 6 heteroatoms. The molecule has 1 saturated carbocycles. The van der Waals surface area contributed by atoms with Crippen molar-refractivity contribution in [3.63, 3.8) is 0 Å². The van der Waals surface area contributed by atoms with Crippen LogP contribution in [0.3, 0.4) is 0 Å². The van der Waals surface area contributed by atoms with Crippen molar-refractivity contribution in [1.29, 1.82) is 0 Å². The van der Waals surface area contributed by atoms with E-state index >= 15 is 0 Å². The fraction of sp³-hybridized carbons (Fsp3) is 0.818. The Kier molecular flexibility index (Phi) is 4.82. The maximum atomic E-state index is 11.8. The number of rotatable bonds is 7. The molecule has 0 radical (unpaired) electrons. The highest BCUT2D eigenvalue weighted by Gasteiger charge is 2.48. The van der Waals surface area contributed by atoms with E-state index in [4.69, 9.17) is 5.73 Å². The first-order chi connectivity index (χ1) is 7.91. The van der Waals surface area contributed by atoms with Gasteiger partial charge in [0, 0.05) is 0 Å². The fourth-order valence-electron chi connectivity index (χ4n) is 1.72. The van der Waals surface area contributed by atoms with Gasteiger partial charge in [-0.1, -0.05) is 0 Å². The van der Waals surface area contributed by atoms with Crippen LogP contribution in [0.2, 0.25) is 0 Å². The summed E-state index contributed by atoms with van der Waals surface area (Å²) in [6.07, 6.45) is 4.20. The molecule has 1 aliphatic rings. The van der Waals surface area contributed by atoms with Crippen LogP contribution in [0.1, 0.15) is 26.2 Å². The van der Waals surface area contributed by atoms with Crippen molar-refractivity contribution in [2.45, 2.75) is 37.8 Å². The van der Waals surface area contributed by atoms with E-state index in [1.165, 1.54) is 0 Å². The van der Waals surface area contributed by atoms with Gasteiger partial charge in [0.25, 0.3) is 0 Å². The molecule has 98 valence electrons. The molecule has 0 spiro atoms. The molecule has 0 saturated heterocycles. The van der Waals surface area contributed by atoms with Crippen LogP contribution in [0.15, 0.2) is 0 Å². The third-order valence-corrected chi connectivity index (χ3v) is 3.83. The van der Waals surface area contributed by atoms with Gasteiger partial charge in [-0.3, -0.25) is 4.79 Å². The van der Waals surface area contributed by atoms with Gasteiger partial charge >= 0.3 is 5.97 Å². The van der Waals surface area contributed by atoms with Crippen molar-refractivity contribution >= 4 is 23.6 Å². The molecule has 1 unspecified atom stereocenters. The van der Waals surface area contributed by atoms with Crippen LogP contribution in [-0.4, -0.2) is 40.6 Å². The van der Waals surface area contributed by atoms with Crippen molar-refractivity contribution in [1.82, 2.24) is 5.32 Å². The topological polar surface area (TPSA) is 92.4 Å². The Hall–Kier alpha value is -0.750. The van der Waals surface area contributed by atoms with E-state index in [0.29, 0.717) is 6.42 Å². The molecule has 0 heterocycles. The highest BCUT2D eigenvalue weighted by atomic mass is 32.2. The van der Waals surface area contributed by atoms with Gasteiger partial charge < -0.3 is 16.2 Å². The lowest BCUT2D eigenvalue weighted by Gasteiger charge is -2.27. The Labute approximate surface area is 106 Å². The molecule has 0 aromatic heterocycles. The third-order valence-electron chi connectivity index (χ3n) is 3.19. The average molecular weight is 260 g/mol.